The van der Waals surface area contributed by atoms with Gasteiger partial charge >= 0.3 is 0 Å². The fourth-order valence-corrected chi connectivity index (χ4v) is 5.14. The highest BCUT2D eigenvalue weighted by atomic mass is 79.9. The number of hydrazone groups is 2. The number of aromatic hydroxyl groups is 2. The number of hydrogen-bond acceptors (Lipinski definition) is 6. The molecule has 0 radical (unpaired) electrons. The van der Waals surface area contributed by atoms with Crippen LogP contribution >= 0.6 is 63.7 Å². The lowest BCUT2D eigenvalue weighted by atomic mass is 10.1. The summed E-state index contributed by atoms with van der Waals surface area (Å²) in [6.07, 6.45) is 2.59. The molecular formula is C22H14Br4N4O4. The van der Waals surface area contributed by atoms with Gasteiger partial charge in [-0.15, -0.1) is 0 Å². The Bertz CT molecular complexity index is 1230. The van der Waals surface area contributed by atoms with Gasteiger partial charge in [0.25, 0.3) is 11.8 Å². The summed E-state index contributed by atoms with van der Waals surface area (Å²) in [7, 11) is 0. The molecule has 0 spiro atoms. The molecule has 4 N–H and O–H groups in total. The molecule has 3 rings (SSSR count). The third-order valence-corrected chi connectivity index (χ3v) is 6.37. The number of nitrogens with one attached hydrogen (secondary N) is 2. The van der Waals surface area contributed by atoms with Crippen LogP contribution in [0, 0.1) is 0 Å². The fourth-order valence-electron chi connectivity index (χ4n) is 2.62. The third-order valence-electron chi connectivity index (χ3n) is 4.24. The van der Waals surface area contributed by atoms with Crippen molar-refractivity contribution in [3.05, 3.63) is 88.7 Å². The van der Waals surface area contributed by atoms with Crippen LogP contribution in [0.2, 0.25) is 0 Å². The van der Waals surface area contributed by atoms with Gasteiger partial charge in [0.05, 0.1) is 21.4 Å². The van der Waals surface area contributed by atoms with Crippen molar-refractivity contribution in [2.75, 3.05) is 0 Å². The van der Waals surface area contributed by atoms with Crippen LogP contribution in [0.4, 0.5) is 0 Å². The van der Waals surface area contributed by atoms with E-state index in [2.05, 4.69) is 84.8 Å². The molecule has 0 bridgehead atoms. The minimum Gasteiger partial charge on any atom is -0.506 e. The van der Waals surface area contributed by atoms with Gasteiger partial charge in [-0.1, -0.05) is 37.9 Å². The molecule has 0 saturated heterocycles. The zero-order valence-electron chi connectivity index (χ0n) is 16.9. The van der Waals surface area contributed by atoms with E-state index in [1.54, 1.807) is 30.3 Å². The Kier molecular flexibility index (Phi) is 9.00. The number of carbonyl (C=O) groups is 2. The second-order valence-electron chi connectivity index (χ2n) is 6.63. The summed E-state index contributed by atoms with van der Waals surface area (Å²) in [4.78, 5) is 24.8. The van der Waals surface area contributed by atoms with Gasteiger partial charge in [0.2, 0.25) is 0 Å². The van der Waals surface area contributed by atoms with E-state index in [-0.39, 0.29) is 22.6 Å². The molecular weight excluding hydrogens is 704 g/mol. The van der Waals surface area contributed by atoms with Gasteiger partial charge in [0.15, 0.2) is 0 Å². The first kappa shape index (κ1) is 26.1. The molecule has 0 heterocycles. The molecule has 0 aromatic heterocycles. The van der Waals surface area contributed by atoms with E-state index < -0.39 is 11.8 Å². The van der Waals surface area contributed by atoms with Crippen molar-refractivity contribution in [2.24, 2.45) is 10.2 Å². The Morgan fingerprint density at radius 1 is 0.706 bits per heavy atom. The monoisotopic (exact) mass is 714 g/mol. The van der Waals surface area contributed by atoms with Gasteiger partial charge in [0, 0.05) is 31.2 Å². The van der Waals surface area contributed by atoms with Crippen LogP contribution in [0.25, 0.3) is 0 Å². The second-order valence-corrected chi connectivity index (χ2v) is 10.2. The molecule has 0 aliphatic heterocycles. The van der Waals surface area contributed by atoms with E-state index >= 15 is 0 Å². The summed E-state index contributed by atoms with van der Waals surface area (Å²) in [5.41, 5.74) is 5.87. The van der Waals surface area contributed by atoms with Crippen molar-refractivity contribution in [1.29, 1.82) is 0 Å². The maximum Gasteiger partial charge on any atom is 0.271 e. The van der Waals surface area contributed by atoms with Crippen molar-refractivity contribution < 1.29 is 19.8 Å². The Balaban J connectivity index is 1.66. The lowest BCUT2D eigenvalue weighted by molar-refractivity contribution is 0.0954. The second kappa shape index (κ2) is 11.7. The van der Waals surface area contributed by atoms with E-state index in [0.717, 1.165) is 0 Å². The zero-order valence-corrected chi connectivity index (χ0v) is 23.2. The highest BCUT2D eigenvalue weighted by Crippen LogP contribution is 2.31. The van der Waals surface area contributed by atoms with Gasteiger partial charge < -0.3 is 10.2 Å². The molecule has 2 amide bonds. The van der Waals surface area contributed by atoms with E-state index in [9.17, 15) is 19.8 Å². The number of halogens is 4. The van der Waals surface area contributed by atoms with E-state index in [4.69, 9.17) is 0 Å². The molecule has 0 saturated carbocycles. The van der Waals surface area contributed by atoms with Crippen LogP contribution in [0.1, 0.15) is 31.8 Å². The SMILES string of the molecule is O=C(N/N=C/c1cc(Br)cc(Br)c1O)c1cccc(C(=O)N/N=C/c2cc(Br)cc(Br)c2O)c1. The van der Waals surface area contributed by atoms with E-state index in [1.165, 1.54) is 30.6 Å². The number of amides is 2. The molecule has 0 fully saturated rings. The number of benzene rings is 3. The third kappa shape index (κ3) is 6.75. The Labute approximate surface area is 227 Å². The minimum absolute atomic E-state index is 0.0241. The first-order valence-electron chi connectivity index (χ1n) is 9.28. The standard InChI is InChI=1S/C22H14Br4N4O4/c23-15-5-13(19(31)17(25)7-15)9-27-29-21(33)11-2-1-3-12(4-11)22(34)30-28-10-14-6-16(24)8-18(26)20(14)32/h1-10,31-32H,(H,29,33)(H,30,34)/b27-9+,28-10+. The fraction of sp³-hybridized carbons (Fsp3) is 0. The lowest BCUT2D eigenvalue weighted by Gasteiger charge is -2.05. The van der Waals surface area contributed by atoms with Crippen LogP contribution in [-0.4, -0.2) is 34.5 Å². The topological polar surface area (TPSA) is 123 Å². The summed E-state index contributed by atoms with van der Waals surface area (Å²) in [6, 6.07) is 12.6. The van der Waals surface area contributed by atoms with Gasteiger partial charge in [-0.2, -0.15) is 10.2 Å². The summed E-state index contributed by atoms with van der Waals surface area (Å²) < 4.78 is 2.38. The van der Waals surface area contributed by atoms with Gasteiger partial charge in [-0.05, 0) is 74.3 Å². The normalized spacial score (nSPS) is 11.2. The molecule has 0 aliphatic rings. The van der Waals surface area contributed by atoms with E-state index in [1.807, 2.05) is 0 Å². The Morgan fingerprint density at radius 3 is 1.53 bits per heavy atom. The number of rotatable bonds is 6. The molecule has 0 unspecified atom stereocenters. The average molecular weight is 718 g/mol. The quantitative estimate of drug-likeness (QED) is 0.194. The number of nitrogens with zero attached hydrogens (tertiary/aromatic N) is 2. The van der Waals surface area contributed by atoms with Crippen LogP contribution < -0.4 is 10.9 Å². The van der Waals surface area contributed by atoms with Crippen LogP contribution in [0.3, 0.4) is 0 Å². The van der Waals surface area contributed by atoms with Crippen molar-refractivity contribution in [1.82, 2.24) is 10.9 Å². The van der Waals surface area contributed by atoms with Gasteiger partial charge in [-0.3, -0.25) is 9.59 Å². The molecule has 12 heteroatoms. The summed E-state index contributed by atoms with van der Waals surface area (Å²) in [5.74, 6) is -1.15. The summed E-state index contributed by atoms with van der Waals surface area (Å²) >= 11 is 13.1. The van der Waals surface area contributed by atoms with E-state index in [0.29, 0.717) is 29.0 Å². The molecule has 8 nitrogen and oxygen atoms in total. The maximum absolute atomic E-state index is 12.4. The average Bonchev–Trinajstić information content (AvgIpc) is 2.80. The maximum atomic E-state index is 12.4. The number of hydrogen-bond donors (Lipinski definition) is 4. The number of phenolic OH excluding ortho intramolecular Hbond substituents is 2. The first-order chi connectivity index (χ1) is 16.2. The van der Waals surface area contributed by atoms with Crippen molar-refractivity contribution in [3.63, 3.8) is 0 Å². The largest absolute Gasteiger partial charge is 0.506 e. The zero-order chi connectivity index (χ0) is 24.8. The molecule has 174 valence electrons. The van der Waals surface area contributed by atoms with Crippen LogP contribution in [-0.2, 0) is 0 Å². The van der Waals surface area contributed by atoms with Crippen molar-refractivity contribution in [2.45, 2.75) is 0 Å². The highest BCUT2D eigenvalue weighted by Gasteiger charge is 2.11. The highest BCUT2D eigenvalue weighted by molar-refractivity contribution is 9.11. The van der Waals surface area contributed by atoms with Gasteiger partial charge in [0.1, 0.15) is 11.5 Å². The first-order valence-corrected chi connectivity index (χ1v) is 12.5. The summed E-state index contributed by atoms with van der Waals surface area (Å²) in [5, 5.41) is 27.8. The van der Waals surface area contributed by atoms with Crippen molar-refractivity contribution in [3.8, 4) is 11.5 Å². The lowest BCUT2D eigenvalue weighted by Crippen LogP contribution is -2.20. The molecule has 3 aromatic carbocycles. The molecule has 0 aliphatic carbocycles. The minimum atomic E-state index is -0.549. The van der Waals surface area contributed by atoms with Gasteiger partial charge in [-0.25, -0.2) is 10.9 Å². The molecule has 3 aromatic rings. The summed E-state index contributed by atoms with van der Waals surface area (Å²) in [6.45, 7) is 0. The number of carbonyl (C=O) groups excluding carboxylic acids is 2. The predicted octanol–water partition coefficient (Wildman–Crippen LogP) is 5.68. The smallest absolute Gasteiger partial charge is 0.271 e. The van der Waals surface area contributed by atoms with Crippen LogP contribution in [0.5, 0.6) is 11.5 Å². The van der Waals surface area contributed by atoms with Crippen LogP contribution in [0.15, 0.2) is 76.6 Å². The van der Waals surface area contributed by atoms with Crippen molar-refractivity contribution >= 4 is 88.0 Å². The Morgan fingerprint density at radius 2 is 1.12 bits per heavy atom. The molecule has 0 atom stereocenters. The molecule has 34 heavy (non-hydrogen) atoms. The Hall–Kier alpha value is -2.54. The predicted molar refractivity (Wildman–Crippen MR) is 144 cm³/mol. The number of phenols is 2.